The molecule has 2 aromatic carbocycles. The van der Waals surface area contributed by atoms with Crippen molar-refractivity contribution in [1.82, 2.24) is 4.90 Å². The molecule has 1 fully saturated rings. The lowest BCUT2D eigenvalue weighted by molar-refractivity contribution is 0.0746. The van der Waals surface area contributed by atoms with Gasteiger partial charge in [0.05, 0.1) is 19.1 Å². The second-order valence-electron chi connectivity index (χ2n) is 7.93. The van der Waals surface area contributed by atoms with Gasteiger partial charge in [-0.25, -0.2) is 8.42 Å². The Balaban J connectivity index is 1.44. The zero-order valence-corrected chi connectivity index (χ0v) is 18.4. The molecule has 0 aliphatic carbocycles. The first-order chi connectivity index (χ1) is 14.3. The van der Waals surface area contributed by atoms with Crippen molar-refractivity contribution in [3.8, 4) is 5.75 Å². The van der Waals surface area contributed by atoms with Crippen LogP contribution in [0, 0.1) is 0 Å². The van der Waals surface area contributed by atoms with Crippen LogP contribution in [0.4, 0.5) is 11.4 Å². The van der Waals surface area contributed by atoms with Crippen molar-refractivity contribution in [3.63, 3.8) is 0 Å². The van der Waals surface area contributed by atoms with Crippen LogP contribution in [0.3, 0.4) is 0 Å². The quantitative estimate of drug-likeness (QED) is 0.746. The van der Waals surface area contributed by atoms with Gasteiger partial charge in [0, 0.05) is 43.5 Å². The van der Waals surface area contributed by atoms with E-state index in [-0.39, 0.29) is 11.9 Å². The summed E-state index contributed by atoms with van der Waals surface area (Å²) < 4.78 is 30.8. The number of carbonyl (C=O) groups excluding carboxylic acids is 1. The first kappa shape index (κ1) is 20.5. The van der Waals surface area contributed by atoms with E-state index < -0.39 is 10.0 Å². The Morgan fingerprint density at radius 2 is 1.70 bits per heavy atom. The van der Waals surface area contributed by atoms with Gasteiger partial charge in [0.25, 0.3) is 5.91 Å². The van der Waals surface area contributed by atoms with Crippen LogP contribution in [-0.2, 0) is 16.4 Å². The van der Waals surface area contributed by atoms with Crippen LogP contribution in [0.5, 0.6) is 5.75 Å². The minimum atomic E-state index is -3.33. The van der Waals surface area contributed by atoms with Crippen molar-refractivity contribution in [1.29, 1.82) is 0 Å². The smallest absolute Gasteiger partial charge is 0.253 e. The van der Waals surface area contributed by atoms with Crippen LogP contribution >= 0.6 is 0 Å². The Morgan fingerprint density at radius 1 is 1.03 bits per heavy atom. The lowest BCUT2D eigenvalue weighted by atomic mass is 10.1. The molecular weight excluding hydrogens is 402 g/mol. The molecule has 8 heteroatoms. The number of amides is 1. The summed E-state index contributed by atoms with van der Waals surface area (Å²) in [7, 11) is -1.68. The number of hydrogen-bond acceptors (Lipinski definition) is 5. The third-order valence-corrected chi connectivity index (χ3v) is 7.11. The minimum Gasteiger partial charge on any atom is -0.497 e. The highest BCUT2D eigenvalue weighted by atomic mass is 32.2. The molecule has 1 atom stereocenters. The number of fused-ring (bicyclic) bond motifs is 1. The topological polar surface area (TPSA) is 70.2 Å². The number of piperazine rings is 1. The summed E-state index contributed by atoms with van der Waals surface area (Å²) in [5, 5.41) is 0. The highest BCUT2D eigenvalue weighted by Crippen LogP contribution is 2.35. The van der Waals surface area contributed by atoms with Gasteiger partial charge in [0.15, 0.2) is 0 Å². The predicted molar refractivity (Wildman–Crippen MR) is 118 cm³/mol. The maximum atomic E-state index is 13.0. The lowest BCUT2D eigenvalue weighted by Crippen LogP contribution is -2.48. The van der Waals surface area contributed by atoms with E-state index in [1.165, 1.54) is 10.6 Å². The lowest BCUT2D eigenvalue weighted by Gasteiger charge is -2.36. The van der Waals surface area contributed by atoms with E-state index in [9.17, 15) is 13.2 Å². The summed E-state index contributed by atoms with van der Waals surface area (Å²) in [6.07, 6.45) is 1.84. The third-order valence-electron chi connectivity index (χ3n) is 5.84. The Bertz CT molecular complexity index is 1040. The number of sulfonamides is 1. The van der Waals surface area contributed by atoms with Crippen molar-refractivity contribution in [2.75, 3.05) is 48.7 Å². The van der Waals surface area contributed by atoms with Gasteiger partial charge < -0.3 is 14.5 Å². The van der Waals surface area contributed by atoms with Crippen LogP contribution < -0.4 is 13.9 Å². The first-order valence-electron chi connectivity index (χ1n) is 10.1. The van der Waals surface area contributed by atoms with E-state index in [1.807, 2.05) is 42.2 Å². The van der Waals surface area contributed by atoms with Gasteiger partial charge >= 0.3 is 0 Å². The SMILES string of the molecule is COc1ccc(N2CCN(C(=O)c3ccc4c(c3)CC(C)N4S(C)(=O)=O)CC2)cc1. The molecule has 160 valence electrons. The van der Waals surface area contributed by atoms with E-state index in [0.29, 0.717) is 30.8 Å². The van der Waals surface area contributed by atoms with Crippen LogP contribution in [0.15, 0.2) is 42.5 Å². The number of hydrogen-bond donors (Lipinski definition) is 0. The molecule has 0 bridgehead atoms. The largest absolute Gasteiger partial charge is 0.497 e. The second kappa shape index (κ2) is 7.83. The fourth-order valence-corrected chi connectivity index (χ4v) is 5.65. The molecule has 2 aliphatic heterocycles. The Hall–Kier alpha value is -2.74. The summed E-state index contributed by atoms with van der Waals surface area (Å²) >= 11 is 0. The van der Waals surface area contributed by atoms with Gasteiger partial charge in [-0.1, -0.05) is 0 Å². The number of nitrogens with zero attached hydrogens (tertiary/aromatic N) is 3. The van der Waals surface area contributed by atoms with Crippen LogP contribution in [0.1, 0.15) is 22.8 Å². The maximum Gasteiger partial charge on any atom is 0.253 e. The minimum absolute atomic E-state index is 0.00219. The molecule has 1 saturated heterocycles. The van der Waals surface area contributed by atoms with Crippen molar-refractivity contribution in [2.45, 2.75) is 19.4 Å². The molecule has 0 radical (unpaired) electrons. The zero-order valence-electron chi connectivity index (χ0n) is 17.5. The molecule has 0 spiro atoms. The van der Waals surface area contributed by atoms with Crippen molar-refractivity contribution in [2.24, 2.45) is 0 Å². The highest BCUT2D eigenvalue weighted by molar-refractivity contribution is 7.92. The average Bonchev–Trinajstić information content (AvgIpc) is 3.08. The molecular formula is C22H27N3O4S. The molecule has 0 saturated carbocycles. The number of anilines is 2. The fourth-order valence-electron chi connectivity index (χ4n) is 4.38. The van der Waals surface area contributed by atoms with E-state index in [1.54, 1.807) is 19.2 Å². The molecule has 1 amide bonds. The Morgan fingerprint density at radius 3 is 2.30 bits per heavy atom. The molecule has 30 heavy (non-hydrogen) atoms. The standard InChI is InChI=1S/C22H27N3O4S/c1-16-14-18-15-17(4-9-21(18)25(16)30(3,27)28)22(26)24-12-10-23(11-13-24)19-5-7-20(29-2)8-6-19/h4-9,15-16H,10-14H2,1-3H3. The van der Waals surface area contributed by atoms with Gasteiger partial charge in [-0.05, 0) is 61.4 Å². The number of ether oxygens (including phenoxy) is 1. The summed E-state index contributed by atoms with van der Waals surface area (Å²) in [6.45, 7) is 4.71. The maximum absolute atomic E-state index is 13.0. The summed E-state index contributed by atoms with van der Waals surface area (Å²) in [4.78, 5) is 17.2. The van der Waals surface area contributed by atoms with Crippen molar-refractivity contribution >= 4 is 27.3 Å². The van der Waals surface area contributed by atoms with Gasteiger partial charge in [0.2, 0.25) is 10.0 Å². The number of rotatable bonds is 4. The summed E-state index contributed by atoms with van der Waals surface area (Å²) in [6, 6.07) is 13.2. The van der Waals surface area contributed by atoms with E-state index in [2.05, 4.69) is 4.90 Å². The third kappa shape index (κ3) is 3.84. The average molecular weight is 430 g/mol. The summed E-state index contributed by atoms with van der Waals surface area (Å²) in [5.41, 5.74) is 3.34. The first-order valence-corrected chi connectivity index (χ1v) is 11.9. The molecule has 1 unspecified atom stereocenters. The molecule has 0 aromatic heterocycles. The van der Waals surface area contributed by atoms with Gasteiger partial charge in [-0.3, -0.25) is 9.10 Å². The molecule has 4 rings (SSSR count). The van der Waals surface area contributed by atoms with Gasteiger partial charge in [-0.15, -0.1) is 0 Å². The molecule has 2 aromatic rings. The van der Waals surface area contributed by atoms with Crippen LogP contribution in [0.2, 0.25) is 0 Å². The molecule has 0 N–H and O–H groups in total. The van der Waals surface area contributed by atoms with Crippen LogP contribution in [-0.4, -0.2) is 64.8 Å². The normalized spacial score (nSPS) is 19.0. The summed E-state index contributed by atoms with van der Waals surface area (Å²) in [5.74, 6) is 0.825. The van der Waals surface area contributed by atoms with E-state index >= 15 is 0 Å². The fraction of sp³-hybridized carbons (Fsp3) is 0.409. The van der Waals surface area contributed by atoms with E-state index in [0.717, 1.165) is 30.1 Å². The number of methoxy groups -OCH3 is 1. The van der Waals surface area contributed by atoms with Crippen molar-refractivity contribution in [3.05, 3.63) is 53.6 Å². The second-order valence-corrected chi connectivity index (χ2v) is 9.79. The Kier molecular flexibility index (Phi) is 5.36. The van der Waals surface area contributed by atoms with E-state index in [4.69, 9.17) is 4.74 Å². The molecule has 2 heterocycles. The van der Waals surface area contributed by atoms with Gasteiger partial charge in [-0.2, -0.15) is 0 Å². The predicted octanol–water partition coefficient (Wildman–Crippen LogP) is 2.37. The van der Waals surface area contributed by atoms with Gasteiger partial charge in [0.1, 0.15) is 5.75 Å². The molecule has 2 aliphatic rings. The zero-order chi connectivity index (χ0) is 21.5. The highest BCUT2D eigenvalue weighted by Gasteiger charge is 2.33. The van der Waals surface area contributed by atoms with Crippen LogP contribution in [0.25, 0.3) is 0 Å². The number of benzene rings is 2. The number of carbonyl (C=O) groups is 1. The monoisotopic (exact) mass is 429 g/mol. The molecule has 7 nitrogen and oxygen atoms in total. The Labute approximate surface area is 177 Å². The van der Waals surface area contributed by atoms with Crippen molar-refractivity contribution < 1.29 is 17.9 Å².